The van der Waals surface area contributed by atoms with Crippen LogP contribution in [0.5, 0.6) is 0 Å². The molecule has 2 fully saturated rings. The molecule has 9 N–H and O–H groups in total. The van der Waals surface area contributed by atoms with Crippen LogP contribution in [0.1, 0.15) is 51.0 Å². The Labute approximate surface area is 350 Å². The van der Waals surface area contributed by atoms with Gasteiger partial charge in [0, 0.05) is 53.6 Å². The Balaban J connectivity index is 1.53. The number of nitrogens with zero attached hydrogens (tertiary/aromatic N) is 2. The van der Waals surface area contributed by atoms with E-state index < -0.39 is 96.6 Å². The van der Waals surface area contributed by atoms with E-state index in [-0.39, 0.29) is 38.2 Å². The summed E-state index contributed by atoms with van der Waals surface area (Å²) in [6.45, 7) is 1.65. The van der Waals surface area contributed by atoms with Crippen molar-refractivity contribution in [3.8, 4) is 0 Å². The third kappa shape index (κ3) is 14.7. The number of fused-ring (bicyclic) bond motifs is 2. The average Bonchev–Trinajstić information content (AvgIpc) is 3.79. The van der Waals surface area contributed by atoms with Crippen LogP contribution in [0.25, 0.3) is 10.9 Å². The van der Waals surface area contributed by atoms with Crippen molar-refractivity contribution >= 4 is 79.8 Å². The molecule has 324 valence electrons. The van der Waals surface area contributed by atoms with Gasteiger partial charge in [0.2, 0.25) is 41.4 Å². The fourth-order valence-electron chi connectivity index (χ4n) is 6.66. The van der Waals surface area contributed by atoms with Crippen molar-refractivity contribution < 1.29 is 52.7 Å². The number of para-hydroxylation sites is 1. The van der Waals surface area contributed by atoms with Crippen LogP contribution in [0.3, 0.4) is 0 Å². The lowest BCUT2D eigenvalue weighted by Gasteiger charge is -2.28. The first-order chi connectivity index (χ1) is 27.9. The number of benzene rings is 1. The number of aliphatic carboxylic acids is 1. The number of unbranched alkanes of at least 4 members (excludes halogenated alkanes) is 1. The monoisotopic (exact) mass is 862 g/mol. The van der Waals surface area contributed by atoms with E-state index in [0.29, 0.717) is 16.7 Å². The van der Waals surface area contributed by atoms with E-state index in [0.717, 1.165) is 29.4 Å². The molecule has 59 heavy (non-hydrogen) atoms. The molecule has 0 spiro atoms. The Kier molecular flexibility index (Phi) is 17.4. The molecule has 3 heterocycles. The van der Waals surface area contributed by atoms with Gasteiger partial charge >= 0.3 is 5.97 Å². The summed E-state index contributed by atoms with van der Waals surface area (Å²) in [4.78, 5) is 109. The first-order valence-electron chi connectivity index (χ1n) is 19.4. The Morgan fingerprint density at radius 2 is 1.66 bits per heavy atom. The Morgan fingerprint density at radius 3 is 2.37 bits per heavy atom. The zero-order valence-corrected chi connectivity index (χ0v) is 35.4. The number of aromatic nitrogens is 1. The fourth-order valence-corrected chi connectivity index (χ4v) is 8.82. The summed E-state index contributed by atoms with van der Waals surface area (Å²) in [5.41, 5.74) is 7.44. The highest BCUT2D eigenvalue weighted by molar-refractivity contribution is 8.76. The zero-order chi connectivity index (χ0) is 43.3. The molecule has 1 aromatic heterocycles. The van der Waals surface area contributed by atoms with Crippen LogP contribution in [-0.2, 0) is 49.7 Å². The maximum atomic E-state index is 14.0. The van der Waals surface area contributed by atoms with Crippen molar-refractivity contribution in [3.05, 3.63) is 36.0 Å². The van der Waals surface area contributed by atoms with Gasteiger partial charge < -0.3 is 56.5 Å². The number of primary amides is 1. The van der Waals surface area contributed by atoms with Crippen molar-refractivity contribution in [2.75, 3.05) is 52.3 Å². The van der Waals surface area contributed by atoms with Crippen LogP contribution in [0, 0.1) is 0 Å². The molecule has 2 aliphatic rings. The minimum atomic E-state index is -1.64. The van der Waals surface area contributed by atoms with E-state index in [4.69, 9.17) is 10.5 Å². The standard InChI is InChI=1S/C38H55N9O10S2/c1-22-38(56)46-19-24(57-20-23-17-40-26-10-6-5-9-25(23)26)15-30(46)37(55)45-29(34(39)52)21-59-58-14-12-31(48)43-27(11-7-8-13-47(2,3)4)35(53)41-18-32(49)44-28(16-33(50)51)36(54)42-22/h5-6,9-10,17,22,24,27-30,40H,7-8,11-16,18-21H2,1-4H3,(H7-,39,41,42,43,44,45,48,49,50,51,52,53,54,55)/p+1. The summed E-state index contributed by atoms with van der Waals surface area (Å²) >= 11 is 0. The lowest BCUT2D eigenvalue weighted by atomic mass is 10.1. The molecule has 19 nitrogen and oxygen atoms in total. The minimum absolute atomic E-state index is 0.0116. The van der Waals surface area contributed by atoms with Gasteiger partial charge in [-0.1, -0.05) is 39.8 Å². The lowest BCUT2D eigenvalue weighted by Crippen LogP contribution is -2.58. The summed E-state index contributed by atoms with van der Waals surface area (Å²) in [6.07, 6.45) is 2.03. The van der Waals surface area contributed by atoms with E-state index in [9.17, 15) is 43.5 Å². The topological polar surface area (TPSA) is 271 Å². The number of ether oxygens (including phenoxy) is 1. The number of carbonyl (C=O) groups excluding carboxylic acids is 7. The van der Waals surface area contributed by atoms with E-state index in [1.54, 1.807) is 0 Å². The molecular formula is C38H56N9O10S2+. The van der Waals surface area contributed by atoms with Gasteiger partial charge in [0.1, 0.15) is 30.2 Å². The highest BCUT2D eigenvalue weighted by Gasteiger charge is 2.43. The van der Waals surface area contributed by atoms with Gasteiger partial charge in [0.25, 0.3) is 0 Å². The second-order valence-electron chi connectivity index (χ2n) is 15.7. The first kappa shape index (κ1) is 46.8. The SMILES string of the molecule is CC1NC(=O)C(CC(=O)O)NC(=O)CNC(=O)C(CCCC[N+](C)(C)C)NC(=O)CCSSCC(C(N)=O)NC(=O)C2CC(OCc3c[nH]c4ccccc34)CN2C1=O. The minimum Gasteiger partial charge on any atom is -0.481 e. The molecule has 6 unspecified atom stereocenters. The van der Waals surface area contributed by atoms with Gasteiger partial charge in [-0.05, 0) is 32.3 Å². The number of aromatic amines is 1. The molecule has 0 aliphatic carbocycles. The predicted molar refractivity (Wildman–Crippen MR) is 221 cm³/mol. The number of nitrogens with two attached hydrogens (primary N) is 1. The molecule has 21 heteroatoms. The van der Waals surface area contributed by atoms with E-state index in [1.165, 1.54) is 33.4 Å². The van der Waals surface area contributed by atoms with Crippen LogP contribution in [0.4, 0.5) is 0 Å². The quantitative estimate of drug-likeness (QED) is 0.0796. The molecule has 0 saturated carbocycles. The van der Waals surface area contributed by atoms with Gasteiger partial charge in [-0.15, -0.1) is 0 Å². The number of rotatable bonds is 11. The number of carbonyl (C=O) groups is 8. The van der Waals surface area contributed by atoms with Gasteiger partial charge in [-0.3, -0.25) is 38.4 Å². The number of carboxylic acid groups (broad SMARTS) is 1. The number of H-pyrrole nitrogens is 1. The van der Waals surface area contributed by atoms with Crippen LogP contribution in [0.2, 0.25) is 0 Å². The molecule has 4 rings (SSSR count). The Bertz CT molecular complexity index is 1850. The average molecular weight is 863 g/mol. The smallest absolute Gasteiger partial charge is 0.305 e. The molecule has 2 saturated heterocycles. The van der Waals surface area contributed by atoms with Crippen LogP contribution >= 0.6 is 21.6 Å². The predicted octanol–water partition coefficient (Wildman–Crippen LogP) is -0.649. The van der Waals surface area contributed by atoms with Crippen LogP contribution in [-0.4, -0.2) is 155 Å². The molecule has 2 aliphatic heterocycles. The van der Waals surface area contributed by atoms with Crippen molar-refractivity contribution in [2.24, 2.45) is 5.73 Å². The fraction of sp³-hybridized carbons (Fsp3) is 0.579. The van der Waals surface area contributed by atoms with Crippen molar-refractivity contribution in [1.29, 1.82) is 0 Å². The van der Waals surface area contributed by atoms with Crippen molar-refractivity contribution in [3.63, 3.8) is 0 Å². The zero-order valence-electron chi connectivity index (χ0n) is 33.7. The van der Waals surface area contributed by atoms with Crippen LogP contribution < -0.4 is 32.3 Å². The van der Waals surface area contributed by atoms with Gasteiger partial charge in [0.05, 0.1) is 53.4 Å². The Morgan fingerprint density at radius 1 is 0.932 bits per heavy atom. The summed E-state index contributed by atoms with van der Waals surface area (Å²) < 4.78 is 6.90. The normalized spacial score (nSPS) is 25.0. The molecule has 0 radical (unpaired) electrons. The van der Waals surface area contributed by atoms with E-state index in [2.05, 4.69) is 31.6 Å². The molecule has 6 atom stereocenters. The molecular weight excluding hydrogens is 807 g/mol. The number of hydrogen-bond donors (Lipinski definition) is 8. The second kappa shape index (κ2) is 21.9. The third-order valence-corrected chi connectivity index (χ3v) is 12.2. The number of carboxylic acids is 1. The first-order valence-corrected chi connectivity index (χ1v) is 21.9. The highest BCUT2D eigenvalue weighted by Crippen LogP contribution is 2.26. The highest BCUT2D eigenvalue weighted by atomic mass is 33.1. The van der Waals surface area contributed by atoms with E-state index >= 15 is 0 Å². The van der Waals surface area contributed by atoms with Gasteiger partial charge in [-0.25, -0.2) is 0 Å². The number of quaternary nitrogens is 1. The maximum absolute atomic E-state index is 14.0. The van der Waals surface area contributed by atoms with Gasteiger partial charge in [-0.2, -0.15) is 0 Å². The summed E-state index contributed by atoms with van der Waals surface area (Å²) in [5, 5.41) is 23.1. The molecule has 7 amide bonds. The van der Waals surface area contributed by atoms with Crippen molar-refractivity contribution in [2.45, 2.75) is 88.4 Å². The van der Waals surface area contributed by atoms with Gasteiger partial charge in [0.15, 0.2) is 0 Å². The van der Waals surface area contributed by atoms with Crippen molar-refractivity contribution in [1.82, 2.24) is 36.5 Å². The largest absolute Gasteiger partial charge is 0.481 e. The van der Waals surface area contributed by atoms with Crippen LogP contribution in [0.15, 0.2) is 30.5 Å². The number of hydrogen-bond acceptors (Lipinski definition) is 11. The third-order valence-electron chi connectivity index (χ3n) is 9.79. The summed E-state index contributed by atoms with van der Waals surface area (Å²) in [7, 11) is 8.57. The molecule has 2 aromatic rings. The number of nitrogens with one attached hydrogen (secondary N) is 6. The number of amides is 7. The molecule has 1 aromatic carbocycles. The second-order valence-corrected chi connectivity index (χ2v) is 18.3. The summed E-state index contributed by atoms with van der Waals surface area (Å²) in [5.74, 6) is -6.22. The lowest BCUT2D eigenvalue weighted by molar-refractivity contribution is -0.870. The van der Waals surface area contributed by atoms with E-state index in [1.807, 2.05) is 51.6 Å². The maximum Gasteiger partial charge on any atom is 0.305 e. The molecule has 0 bridgehead atoms. The summed E-state index contributed by atoms with van der Waals surface area (Å²) in [6, 6.07) is 1.42. The Hall–Kier alpha value is -4.86.